The van der Waals surface area contributed by atoms with Crippen LogP contribution in [0.3, 0.4) is 0 Å². The zero-order valence-electron chi connectivity index (χ0n) is 23.6. The molecule has 2 amide bonds. The Morgan fingerprint density at radius 2 is 1.83 bits per heavy atom. The van der Waals surface area contributed by atoms with Gasteiger partial charge in [0, 0.05) is 31.1 Å². The molecule has 3 atom stereocenters. The summed E-state index contributed by atoms with van der Waals surface area (Å²) in [7, 11) is 0. The number of rotatable bonds is 11. The molecule has 0 spiro atoms. The second kappa shape index (κ2) is 13.7. The van der Waals surface area contributed by atoms with Crippen molar-refractivity contribution in [2.75, 3.05) is 19.6 Å². The molecule has 0 aliphatic carbocycles. The Hall–Kier alpha value is -3.75. The van der Waals surface area contributed by atoms with Gasteiger partial charge in [-0.25, -0.2) is 9.18 Å². The molecule has 0 radical (unpaired) electrons. The summed E-state index contributed by atoms with van der Waals surface area (Å²) in [6.07, 6.45) is 1.88. The Bertz CT molecular complexity index is 1340. The molecular weight excluding hydrogens is 521 g/mol. The summed E-state index contributed by atoms with van der Waals surface area (Å²) in [5, 5.41) is 24.0. The van der Waals surface area contributed by atoms with Gasteiger partial charge in [-0.3, -0.25) is 4.79 Å². The lowest BCUT2D eigenvalue weighted by Gasteiger charge is -2.44. The first-order valence-corrected chi connectivity index (χ1v) is 14.4. The van der Waals surface area contributed by atoms with Gasteiger partial charge < -0.3 is 26.2 Å². The zero-order chi connectivity index (χ0) is 29.4. The van der Waals surface area contributed by atoms with Gasteiger partial charge in [-0.15, -0.1) is 0 Å². The van der Waals surface area contributed by atoms with Gasteiger partial charge in [-0.2, -0.15) is 0 Å². The highest BCUT2D eigenvalue weighted by Crippen LogP contribution is 2.44. The fourth-order valence-electron chi connectivity index (χ4n) is 5.99. The number of halogens is 1. The third kappa shape index (κ3) is 7.31. The second-order valence-corrected chi connectivity index (χ2v) is 10.9. The molecule has 5 N–H and O–H groups in total. The van der Waals surface area contributed by atoms with E-state index in [1.54, 1.807) is 17.0 Å². The fraction of sp³-hybridized carbons (Fsp3) is 0.394. The van der Waals surface area contributed by atoms with Crippen LogP contribution in [0.5, 0.6) is 0 Å². The molecule has 4 rings (SSSR count). The molecule has 1 fully saturated rings. The number of carboxylic acid groups (broad SMARTS) is 1. The molecule has 0 bridgehead atoms. The molecule has 8 heteroatoms. The van der Waals surface area contributed by atoms with Crippen LogP contribution in [0.4, 0.5) is 9.18 Å². The van der Waals surface area contributed by atoms with Crippen LogP contribution in [-0.2, 0) is 23.2 Å². The molecule has 1 heterocycles. The summed E-state index contributed by atoms with van der Waals surface area (Å²) in [6, 6.07) is 21.3. The highest BCUT2D eigenvalue weighted by molar-refractivity contribution is 5.82. The van der Waals surface area contributed by atoms with Crippen LogP contribution >= 0.6 is 0 Å². The maximum Gasteiger partial charge on any atom is 0.404 e. The van der Waals surface area contributed by atoms with E-state index in [1.807, 2.05) is 61.5 Å². The molecule has 0 unspecified atom stereocenters. The van der Waals surface area contributed by atoms with E-state index in [2.05, 4.69) is 5.32 Å². The van der Waals surface area contributed by atoms with Gasteiger partial charge in [0.25, 0.3) is 0 Å². The largest absolute Gasteiger partial charge is 0.465 e. The summed E-state index contributed by atoms with van der Waals surface area (Å²) in [5.41, 5.74) is 8.33. The number of hydrogen-bond acceptors (Lipinski definition) is 4. The van der Waals surface area contributed by atoms with Crippen molar-refractivity contribution < 1.29 is 24.2 Å². The highest BCUT2D eigenvalue weighted by atomic mass is 19.1. The fourth-order valence-corrected chi connectivity index (χ4v) is 5.99. The van der Waals surface area contributed by atoms with Gasteiger partial charge >= 0.3 is 6.09 Å². The van der Waals surface area contributed by atoms with E-state index in [0.717, 1.165) is 17.5 Å². The second-order valence-electron chi connectivity index (χ2n) is 10.9. The number of aryl methyl sites for hydroxylation is 1. The first-order chi connectivity index (χ1) is 19.7. The normalized spacial score (nSPS) is 17.5. The van der Waals surface area contributed by atoms with Crippen LogP contribution < -0.4 is 11.1 Å². The quantitative estimate of drug-likeness (QED) is 0.243. The predicted molar refractivity (Wildman–Crippen MR) is 158 cm³/mol. The summed E-state index contributed by atoms with van der Waals surface area (Å²) in [4.78, 5) is 26.2. The molecule has 1 saturated heterocycles. The maximum absolute atomic E-state index is 15.6. The minimum atomic E-state index is -1.51. The van der Waals surface area contributed by atoms with Crippen molar-refractivity contribution in [2.24, 2.45) is 11.7 Å². The van der Waals surface area contributed by atoms with Gasteiger partial charge in [-0.05, 0) is 66.8 Å². The monoisotopic (exact) mass is 561 g/mol. The molecule has 41 heavy (non-hydrogen) atoms. The first-order valence-electron chi connectivity index (χ1n) is 14.4. The standard InChI is InChI=1S/C33H40FN3O4/c1-2-23-12-6-13-25(20-23)30-27(15-7-16-28(30)34)33(41,17-9-18-36-32(39)40)26-14-8-19-37(22-26)31(38)29(35)21-24-10-4-3-5-11-24/h3-7,10-13,15-16,20,26,29,36,41H,2,8-9,14,17-19,21-22,35H2,1H3,(H,39,40)/t26-,29+,33+/m1/s1. The summed E-state index contributed by atoms with van der Waals surface area (Å²) in [5.74, 6) is -1.01. The number of nitrogens with two attached hydrogens (primary N) is 1. The lowest BCUT2D eigenvalue weighted by Crippen LogP contribution is -2.52. The Morgan fingerprint density at radius 3 is 2.56 bits per heavy atom. The van der Waals surface area contributed by atoms with Crippen LogP contribution in [0, 0.1) is 11.7 Å². The number of nitrogens with zero attached hydrogens (tertiary/aromatic N) is 1. The summed E-state index contributed by atoms with van der Waals surface area (Å²) in [6.45, 7) is 2.98. The SMILES string of the molecule is CCc1cccc(-c2c(F)cccc2[C@](O)(CCCNC(=O)O)[C@@H]2CCCN(C(=O)[C@@H](N)Cc3ccccc3)C2)c1. The molecule has 7 nitrogen and oxygen atoms in total. The topological polar surface area (TPSA) is 116 Å². The van der Waals surface area contributed by atoms with E-state index in [-0.39, 0.29) is 25.4 Å². The lowest BCUT2D eigenvalue weighted by atomic mass is 9.72. The van der Waals surface area contributed by atoms with Crippen molar-refractivity contribution in [2.45, 2.75) is 57.1 Å². The average molecular weight is 562 g/mol. The summed E-state index contributed by atoms with van der Waals surface area (Å²) < 4.78 is 15.6. The van der Waals surface area contributed by atoms with E-state index in [1.165, 1.54) is 6.07 Å². The number of likely N-dealkylation sites (tertiary alicyclic amines) is 1. The Balaban J connectivity index is 1.67. The average Bonchev–Trinajstić information content (AvgIpc) is 2.99. The maximum atomic E-state index is 15.6. The number of nitrogens with one attached hydrogen (secondary N) is 1. The van der Waals surface area contributed by atoms with Crippen molar-refractivity contribution in [3.8, 4) is 11.1 Å². The van der Waals surface area contributed by atoms with Crippen LogP contribution in [-0.4, -0.2) is 52.8 Å². The first kappa shape index (κ1) is 30.2. The highest BCUT2D eigenvalue weighted by Gasteiger charge is 2.43. The van der Waals surface area contributed by atoms with Crippen molar-refractivity contribution in [3.05, 3.63) is 95.3 Å². The molecule has 0 saturated carbocycles. The van der Waals surface area contributed by atoms with Gasteiger partial charge in [0.1, 0.15) is 5.82 Å². The molecule has 218 valence electrons. The molecule has 1 aliphatic heterocycles. The third-order valence-electron chi connectivity index (χ3n) is 8.14. The molecular formula is C33H40FN3O4. The van der Waals surface area contributed by atoms with Gasteiger partial charge in [0.05, 0.1) is 11.6 Å². The van der Waals surface area contributed by atoms with Crippen LogP contribution in [0.15, 0.2) is 72.8 Å². The number of amides is 2. The number of benzene rings is 3. The van der Waals surface area contributed by atoms with E-state index in [4.69, 9.17) is 10.8 Å². The van der Waals surface area contributed by atoms with Gasteiger partial charge in [0.2, 0.25) is 5.91 Å². The predicted octanol–water partition coefficient (Wildman–Crippen LogP) is 5.10. The number of piperidine rings is 1. The van der Waals surface area contributed by atoms with Crippen molar-refractivity contribution in [1.82, 2.24) is 10.2 Å². The lowest BCUT2D eigenvalue weighted by molar-refractivity contribution is -0.138. The molecule has 0 aromatic heterocycles. The number of carbonyl (C=O) groups excluding carboxylic acids is 1. The van der Waals surface area contributed by atoms with E-state index < -0.39 is 29.5 Å². The van der Waals surface area contributed by atoms with Gasteiger partial charge in [-0.1, -0.05) is 73.7 Å². The van der Waals surface area contributed by atoms with Gasteiger partial charge in [0.15, 0.2) is 0 Å². The minimum absolute atomic E-state index is 0.144. The van der Waals surface area contributed by atoms with E-state index >= 15 is 4.39 Å². The number of carbonyl (C=O) groups is 2. The molecule has 3 aromatic rings. The number of hydrogen-bond donors (Lipinski definition) is 4. The van der Waals surface area contributed by atoms with Crippen molar-refractivity contribution in [3.63, 3.8) is 0 Å². The Labute approximate surface area is 241 Å². The Kier molecular flexibility index (Phi) is 10.1. The molecule has 1 aliphatic rings. The summed E-state index contributed by atoms with van der Waals surface area (Å²) >= 11 is 0. The van der Waals surface area contributed by atoms with Crippen LogP contribution in [0.2, 0.25) is 0 Å². The van der Waals surface area contributed by atoms with E-state index in [0.29, 0.717) is 48.9 Å². The van der Waals surface area contributed by atoms with Crippen molar-refractivity contribution in [1.29, 1.82) is 0 Å². The van der Waals surface area contributed by atoms with Crippen LogP contribution in [0.25, 0.3) is 11.1 Å². The molecule has 3 aromatic carbocycles. The van der Waals surface area contributed by atoms with Crippen LogP contribution in [0.1, 0.15) is 49.3 Å². The zero-order valence-corrected chi connectivity index (χ0v) is 23.6. The van der Waals surface area contributed by atoms with Crippen molar-refractivity contribution >= 4 is 12.0 Å². The number of aliphatic hydroxyl groups is 1. The van der Waals surface area contributed by atoms with E-state index in [9.17, 15) is 14.7 Å². The Morgan fingerprint density at radius 1 is 1.10 bits per heavy atom. The smallest absolute Gasteiger partial charge is 0.404 e. The minimum Gasteiger partial charge on any atom is -0.465 e. The third-order valence-corrected chi connectivity index (χ3v) is 8.14.